The van der Waals surface area contributed by atoms with Crippen LogP contribution in [0.2, 0.25) is 5.02 Å². The highest BCUT2D eigenvalue weighted by atomic mass is 35.5. The minimum atomic E-state index is -1.37. The summed E-state index contributed by atoms with van der Waals surface area (Å²) in [5.74, 6) is 0.807. The maximum atomic E-state index is 10.4. The van der Waals surface area contributed by atoms with E-state index in [1.165, 1.54) is 6.21 Å². The van der Waals surface area contributed by atoms with Crippen LogP contribution in [0.1, 0.15) is 29.7 Å². The van der Waals surface area contributed by atoms with Gasteiger partial charge in [0.15, 0.2) is 12.3 Å². The average molecular weight is 407 g/mol. The van der Waals surface area contributed by atoms with Gasteiger partial charge in [-0.05, 0) is 48.2 Å². The molecule has 1 aliphatic heterocycles. The van der Waals surface area contributed by atoms with Gasteiger partial charge < -0.3 is 24.8 Å². The molecule has 6 nitrogen and oxygen atoms in total. The van der Waals surface area contributed by atoms with Crippen molar-refractivity contribution in [1.82, 2.24) is 0 Å². The number of nitrogens with two attached hydrogens (primary N) is 1. The molecule has 28 heavy (non-hydrogen) atoms. The predicted octanol–water partition coefficient (Wildman–Crippen LogP) is 0.682. The summed E-state index contributed by atoms with van der Waals surface area (Å²) in [5.41, 5.74) is 2.56. The van der Waals surface area contributed by atoms with Crippen LogP contribution in [0, 0.1) is 0 Å². The molecule has 0 amide bonds. The summed E-state index contributed by atoms with van der Waals surface area (Å²) in [6.07, 6.45) is -3.90. The molecule has 0 unspecified atom stereocenters. The second kappa shape index (κ2) is 9.03. The third-order valence-electron chi connectivity index (χ3n) is 4.87. The fourth-order valence-electron chi connectivity index (χ4n) is 3.34. The van der Waals surface area contributed by atoms with E-state index in [2.05, 4.69) is 0 Å². The molecular weight excluding hydrogens is 382 g/mol. The molecule has 2 aromatic carbocycles. The zero-order valence-corrected chi connectivity index (χ0v) is 16.3. The van der Waals surface area contributed by atoms with Crippen molar-refractivity contribution >= 4 is 17.8 Å². The maximum absolute atomic E-state index is 10.4. The van der Waals surface area contributed by atoms with E-state index in [1.54, 1.807) is 12.1 Å². The number of benzene rings is 2. The minimum absolute atomic E-state index is 0.583. The monoisotopic (exact) mass is 406 g/mol. The van der Waals surface area contributed by atoms with Crippen LogP contribution < -0.4 is 10.1 Å². The van der Waals surface area contributed by atoms with E-state index in [0.717, 1.165) is 16.9 Å². The summed E-state index contributed by atoms with van der Waals surface area (Å²) in [5, 5.41) is 36.5. The molecule has 0 aromatic heterocycles. The van der Waals surface area contributed by atoms with Crippen molar-refractivity contribution in [2.24, 2.45) is 0 Å². The molecule has 0 aliphatic carbocycles. The van der Waals surface area contributed by atoms with Gasteiger partial charge in [0.2, 0.25) is 0 Å². The zero-order chi connectivity index (χ0) is 20.3. The van der Waals surface area contributed by atoms with Gasteiger partial charge in [-0.25, -0.2) is 0 Å². The quantitative estimate of drug-likeness (QED) is 0.528. The highest BCUT2D eigenvalue weighted by molar-refractivity contribution is 6.31. The lowest BCUT2D eigenvalue weighted by Crippen LogP contribution is -2.57. The molecule has 1 fully saturated rings. The van der Waals surface area contributed by atoms with Crippen LogP contribution in [-0.4, -0.2) is 52.6 Å². The number of aliphatic hydroxyl groups excluding tert-OH is 3. The van der Waals surface area contributed by atoms with Crippen LogP contribution in [0.15, 0.2) is 42.5 Å². The van der Waals surface area contributed by atoms with Gasteiger partial charge >= 0.3 is 0 Å². The van der Waals surface area contributed by atoms with Crippen LogP contribution in [0.3, 0.4) is 0 Å². The topological polar surface area (TPSA) is 105 Å². The molecule has 1 saturated heterocycles. The Labute approximate surface area is 168 Å². The van der Waals surface area contributed by atoms with E-state index in [4.69, 9.17) is 26.5 Å². The maximum Gasteiger partial charge on any atom is 0.168 e. The van der Waals surface area contributed by atoms with Crippen molar-refractivity contribution in [2.75, 3.05) is 6.61 Å². The molecule has 150 valence electrons. The molecule has 0 saturated carbocycles. The molecule has 1 aliphatic rings. The molecule has 1 heterocycles. The molecule has 3 rings (SSSR count). The molecule has 7 heteroatoms. The zero-order valence-electron chi connectivity index (χ0n) is 15.5. The van der Waals surface area contributed by atoms with Crippen LogP contribution in [0.25, 0.3) is 0 Å². The molecule has 0 bridgehead atoms. The summed E-state index contributed by atoms with van der Waals surface area (Å²) in [6, 6.07) is 13.1. The Hall–Kier alpha value is -1.96. The Kier molecular flexibility index (Phi) is 6.69. The first-order valence-electron chi connectivity index (χ1n) is 9.19. The minimum Gasteiger partial charge on any atom is -0.494 e. The first kappa shape index (κ1) is 20.8. The number of rotatable bonds is 6. The van der Waals surface area contributed by atoms with Crippen LogP contribution >= 0.6 is 11.6 Å². The number of aliphatic hydroxyl groups is 3. The smallest absolute Gasteiger partial charge is 0.168 e. The molecule has 5 N–H and O–H groups in total. The Morgan fingerprint density at radius 1 is 1.07 bits per heavy atom. The molecular formula is C21H25ClNO5+. The summed E-state index contributed by atoms with van der Waals surface area (Å²) in [6.45, 7) is 2.54. The van der Waals surface area contributed by atoms with Crippen molar-refractivity contribution in [3.05, 3.63) is 64.2 Å². The van der Waals surface area contributed by atoms with E-state index in [0.29, 0.717) is 23.6 Å². The highest BCUT2D eigenvalue weighted by Crippen LogP contribution is 2.34. The van der Waals surface area contributed by atoms with Gasteiger partial charge in [0.1, 0.15) is 30.2 Å². The molecule has 0 spiro atoms. The van der Waals surface area contributed by atoms with E-state index in [9.17, 15) is 15.3 Å². The van der Waals surface area contributed by atoms with E-state index < -0.39 is 30.5 Å². The van der Waals surface area contributed by atoms with Crippen molar-refractivity contribution in [3.8, 4) is 5.75 Å². The van der Waals surface area contributed by atoms with Crippen LogP contribution in [0.5, 0.6) is 5.75 Å². The lowest BCUT2D eigenvalue weighted by Gasteiger charge is -2.38. The lowest BCUT2D eigenvalue weighted by molar-refractivity contribution is -0.217. The number of hydrogen-bond donors (Lipinski definition) is 4. The SMILES string of the molecule is CCOc1ccc(Cc2cc([C@@H]3O[C@H](C=[NH2+])[C@@H](O)[C@H](O)[C@H]3O)ccc2Cl)cc1. The van der Waals surface area contributed by atoms with Gasteiger partial charge in [-0.15, -0.1) is 0 Å². The molecule has 2 aromatic rings. The second-order valence-electron chi connectivity index (χ2n) is 6.79. The number of hydrogen-bond acceptors (Lipinski definition) is 5. The van der Waals surface area contributed by atoms with Gasteiger partial charge in [0, 0.05) is 5.02 Å². The Morgan fingerprint density at radius 2 is 1.79 bits per heavy atom. The van der Waals surface area contributed by atoms with Crippen LogP contribution in [0.4, 0.5) is 0 Å². The van der Waals surface area contributed by atoms with E-state index in [1.807, 2.05) is 37.3 Å². The van der Waals surface area contributed by atoms with E-state index >= 15 is 0 Å². The highest BCUT2D eigenvalue weighted by Gasteiger charge is 2.44. The normalized spacial score (nSPS) is 27.4. The van der Waals surface area contributed by atoms with Gasteiger partial charge in [-0.1, -0.05) is 35.9 Å². The Bertz CT molecular complexity index is 813. The summed E-state index contributed by atoms with van der Waals surface area (Å²) >= 11 is 6.37. The fourth-order valence-corrected chi connectivity index (χ4v) is 3.52. The first-order valence-corrected chi connectivity index (χ1v) is 9.57. The Balaban J connectivity index is 1.83. The predicted molar refractivity (Wildman–Crippen MR) is 105 cm³/mol. The van der Waals surface area contributed by atoms with Crippen molar-refractivity contribution in [3.63, 3.8) is 0 Å². The van der Waals surface area contributed by atoms with Gasteiger partial charge in [0.25, 0.3) is 0 Å². The van der Waals surface area contributed by atoms with Crippen LogP contribution in [-0.2, 0) is 11.2 Å². The molecule has 0 radical (unpaired) electrons. The Morgan fingerprint density at radius 3 is 2.43 bits per heavy atom. The lowest BCUT2D eigenvalue weighted by atomic mass is 9.90. The van der Waals surface area contributed by atoms with Crippen molar-refractivity contribution in [2.45, 2.75) is 43.9 Å². The average Bonchev–Trinajstić information content (AvgIpc) is 2.70. The first-order chi connectivity index (χ1) is 13.4. The molecule has 5 atom stereocenters. The fraction of sp³-hybridized carbons (Fsp3) is 0.381. The van der Waals surface area contributed by atoms with Gasteiger partial charge in [0.05, 0.1) is 6.61 Å². The third kappa shape index (κ3) is 4.37. The van der Waals surface area contributed by atoms with Gasteiger partial charge in [-0.3, -0.25) is 5.41 Å². The second-order valence-corrected chi connectivity index (χ2v) is 7.20. The largest absolute Gasteiger partial charge is 0.494 e. The third-order valence-corrected chi connectivity index (χ3v) is 5.24. The van der Waals surface area contributed by atoms with E-state index in [-0.39, 0.29) is 0 Å². The summed E-state index contributed by atoms with van der Waals surface area (Å²) in [4.78, 5) is 0. The number of ether oxygens (including phenoxy) is 2. The number of halogens is 1. The van der Waals surface area contributed by atoms with Gasteiger partial charge in [-0.2, -0.15) is 0 Å². The van der Waals surface area contributed by atoms with Crippen molar-refractivity contribution < 1.29 is 30.2 Å². The summed E-state index contributed by atoms with van der Waals surface area (Å²) in [7, 11) is 0. The summed E-state index contributed by atoms with van der Waals surface area (Å²) < 4.78 is 11.2. The standard InChI is InChI=1S/C21H24ClNO5/c1-2-27-15-6-3-12(4-7-15)9-14-10-13(5-8-16(14)22)21-20(26)19(25)18(24)17(11-23)28-21/h3-8,10-11,17-21,23-26H,2,9H2,1H3/p+1/t17-,18-,19+,20-,21+/m1/s1. The van der Waals surface area contributed by atoms with Crippen molar-refractivity contribution in [1.29, 1.82) is 0 Å².